The van der Waals surface area contributed by atoms with Gasteiger partial charge >= 0.3 is 0 Å². The largest absolute Gasteiger partial charge is 0.486 e. The third-order valence-corrected chi connectivity index (χ3v) is 5.97. The van der Waals surface area contributed by atoms with Crippen LogP contribution in [0.5, 0.6) is 5.75 Å². The van der Waals surface area contributed by atoms with E-state index >= 15 is 0 Å². The fraction of sp³-hybridized carbons (Fsp3) is 0.261. The first kappa shape index (κ1) is 20.2. The van der Waals surface area contributed by atoms with E-state index in [1.54, 1.807) is 4.90 Å². The molecule has 5 nitrogen and oxygen atoms in total. The lowest BCUT2D eigenvalue weighted by molar-refractivity contribution is -0.115. The number of ether oxygens (including phenoxy) is 1. The number of aromatic nitrogens is 1. The van der Waals surface area contributed by atoms with E-state index < -0.39 is 0 Å². The van der Waals surface area contributed by atoms with E-state index in [9.17, 15) is 14.0 Å². The Bertz CT molecular complexity index is 1140. The van der Waals surface area contributed by atoms with Crippen LogP contribution in [0.1, 0.15) is 53.4 Å². The van der Waals surface area contributed by atoms with Gasteiger partial charge in [0.25, 0.3) is 0 Å². The number of carbonyl (C=O) groups excluding carboxylic acids is 2. The zero-order chi connectivity index (χ0) is 21.4. The number of benzene rings is 2. The minimum absolute atomic E-state index is 0.104. The van der Waals surface area contributed by atoms with Crippen LogP contribution in [0.3, 0.4) is 0 Å². The number of halogens is 1. The van der Waals surface area contributed by atoms with Gasteiger partial charge in [0.05, 0.1) is 16.9 Å². The third kappa shape index (κ3) is 3.73. The fourth-order valence-corrected chi connectivity index (χ4v) is 4.63. The smallest absolute Gasteiger partial charge is 0.230 e. The Kier molecular flexibility index (Phi) is 5.39. The number of hydrogen-bond acceptors (Lipinski definition) is 5. The Hall–Kier alpha value is -3.06. The summed E-state index contributed by atoms with van der Waals surface area (Å²) in [6, 6.07) is 10.5. The molecular formula is C23H21FN2O3S. The second-order valence-corrected chi connectivity index (χ2v) is 8.30. The number of hydrogen-bond donors (Lipinski definition) is 0. The zero-order valence-corrected chi connectivity index (χ0v) is 17.8. The lowest BCUT2D eigenvalue weighted by atomic mass is 10.0. The predicted molar refractivity (Wildman–Crippen MR) is 114 cm³/mol. The van der Waals surface area contributed by atoms with Crippen LogP contribution < -0.4 is 9.64 Å². The number of fused-ring (bicyclic) bond motifs is 1. The molecule has 1 aliphatic rings. The van der Waals surface area contributed by atoms with Crippen molar-refractivity contribution in [2.24, 2.45) is 0 Å². The van der Waals surface area contributed by atoms with Crippen LogP contribution in [0.25, 0.3) is 0 Å². The van der Waals surface area contributed by atoms with Crippen LogP contribution in [0.2, 0.25) is 0 Å². The van der Waals surface area contributed by atoms with Crippen molar-refractivity contribution in [2.45, 2.75) is 39.7 Å². The number of thiazole rings is 1. The lowest BCUT2D eigenvalue weighted by Gasteiger charge is -2.18. The lowest BCUT2D eigenvalue weighted by Crippen LogP contribution is -2.22. The molecule has 1 unspecified atom stereocenters. The summed E-state index contributed by atoms with van der Waals surface area (Å²) in [6.07, 6.45) is 0.289. The van der Waals surface area contributed by atoms with Crippen molar-refractivity contribution < 1.29 is 18.7 Å². The monoisotopic (exact) mass is 424 g/mol. The number of ketones is 1. The number of carbonyl (C=O) groups is 2. The van der Waals surface area contributed by atoms with Crippen molar-refractivity contribution in [3.63, 3.8) is 0 Å². The van der Waals surface area contributed by atoms with Gasteiger partial charge in [0.1, 0.15) is 18.2 Å². The summed E-state index contributed by atoms with van der Waals surface area (Å²) in [5.74, 6) is -0.397. The minimum atomic E-state index is -0.373. The Balaban J connectivity index is 1.56. The maximum absolute atomic E-state index is 14.2. The van der Waals surface area contributed by atoms with Gasteiger partial charge in [-0.05, 0) is 42.7 Å². The minimum Gasteiger partial charge on any atom is -0.486 e. The number of anilines is 2. The van der Waals surface area contributed by atoms with Crippen LogP contribution in [0.15, 0.2) is 41.8 Å². The fourth-order valence-electron chi connectivity index (χ4n) is 3.76. The molecule has 0 aliphatic heterocycles. The van der Waals surface area contributed by atoms with Gasteiger partial charge < -0.3 is 4.74 Å². The van der Waals surface area contributed by atoms with Gasteiger partial charge in [0.15, 0.2) is 10.9 Å². The third-order valence-electron chi connectivity index (χ3n) is 5.10. The number of nitrogens with zero attached hydrogens (tertiary/aromatic N) is 2. The van der Waals surface area contributed by atoms with Gasteiger partial charge in [-0.2, -0.15) is 0 Å². The number of amides is 1. The average Bonchev–Trinajstić information content (AvgIpc) is 3.26. The summed E-state index contributed by atoms with van der Waals surface area (Å²) in [7, 11) is 0. The molecule has 1 amide bonds. The van der Waals surface area contributed by atoms with Crippen molar-refractivity contribution in [2.75, 3.05) is 4.90 Å². The molecule has 0 bridgehead atoms. The Morgan fingerprint density at radius 1 is 1.33 bits per heavy atom. The van der Waals surface area contributed by atoms with Crippen LogP contribution in [0, 0.1) is 12.7 Å². The highest BCUT2D eigenvalue weighted by atomic mass is 32.1. The number of rotatable bonds is 5. The molecule has 0 N–H and O–H groups in total. The molecular weight excluding hydrogens is 403 g/mol. The van der Waals surface area contributed by atoms with Crippen molar-refractivity contribution in [3.8, 4) is 5.75 Å². The zero-order valence-electron chi connectivity index (χ0n) is 16.9. The highest BCUT2D eigenvalue weighted by Crippen LogP contribution is 2.40. The molecule has 1 aromatic heterocycles. The number of aryl methyl sites for hydroxylation is 1. The van der Waals surface area contributed by atoms with Crippen LogP contribution in [-0.2, 0) is 11.4 Å². The quantitative estimate of drug-likeness (QED) is 0.539. The molecule has 7 heteroatoms. The Labute approximate surface area is 178 Å². The van der Waals surface area contributed by atoms with Crippen LogP contribution >= 0.6 is 11.3 Å². The number of Topliss-reactive ketones (excluding diaryl/α,β-unsaturated/α-hetero) is 1. The van der Waals surface area contributed by atoms with Gasteiger partial charge in [-0.15, -0.1) is 11.3 Å². The SMILES string of the molecule is CC(=O)N(c1cccc(C)c1)c1nc(COc2ccc(F)c3c2C(=O)CC3C)cs1. The molecule has 4 rings (SSSR count). The maximum atomic E-state index is 14.2. The molecule has 0 saturated heterocycles. The summed E-state index contributed by atoms with van der Waals surface area (Å²) in [5, 5.41) is 2.36. The summed E-state index contributed by atoms with van der Waals surface area (Å²) in [6.45, 7) is 5.42. The molecule has 0 saturated carbocycles. The second-order valence-electron chi connectivity index (χ2n) is 7.47. The standard InChI is InChI=1S/C23H21FN2O3S/c1-13-5-4-6-17(9-13)26(15(3)27)23-25-16(12-30-23)11-29-20-8-7-18(24)21-14(2)10-19(28)22(20)21/h4-9,12,14H,10-11H2,1-3H3. The molecule has 154 valence electrons. The first-order valence-electron chi connectivity index (χ1n) is 9.65. The molecule has 2 aromatic carbocycles. The molecule has 3 aromatic rings. The van der Waals surface area contributed by atoms with E-state index in [0.29, 0.717) is 27.7 Å². The first-order valence-corrected chi connectivity index (χ1v) is 10.5. The summed E-state index contributed by atoms with van der Waals surface area (Å²) >= 11 is 1.34. The Morgan fingerprint density at radius 3 is 2.87 bits per heavy atom. The Morgan fingerprint density at radius 2 is 2.13 bits per heavy atom. The van der Waals surface area contributed by atoms with E-state index in [4.69, 9.17) is 4.74 Å². The molecule has 0 radical (unpaired) electrons. The molecule has 0 spiro atoms. The highest BCUT2D eigenvalue weighted by molar-refractivity contribution is 7.14. The van der Waals surface area contributed by atoms with Crippen molar-refractivity contribution in [1.29, 1.82) is 0 Å². The molecule has 0 fully saturated rings. The van der Waals surface area contributed by atoms with Gasteiger partial charge in [-0.3, -0.25) is 14.5 Å². The summed E-state index contributed by atoms with van der Waals surface area (Å²) < 4.78 is 20.0. The van der Waals surface area contributed by atoms with Crippen molar-refractivity contribution in [3.05, 3.63) is 70.0 Å². The average molecular weight is 424 g/mol. The van der Waals surface area contributed by atoms with E-state index in [1.807, 2.05) is 43.5 Å². The molecule has 1 aliphatic carbocycles. The van der Waals surface area contributed by atoms with E-state index in [2.05, 4.69) is 4.98 Å². The first-order chi connectivity index (χ1) is 14.3. The molecule has 1 atom stereocenters. The predicted octanol–water partition coefficient (Wildman–Crippen LogP) is 5.54. The van der Waals surface area contributed by atoms with Gasteiger partial charge in [0.2, 0.25) is 5.91 Å². The van der Waals surface area contributed by atoms with E-state index in [-0.39, 0.29) is 36.5 Å². The topological polar surface area (TPSA) is 59.5 Å². The normalized spacial score (nSPS) is 15.2. The summed E-state index contributed by atoms with van der Waals surface area (Å²) in [5.41, 5.74) is 3.19. The van der Waals surface area contributed by atoms with Gasteiger partial charge in [0, 0.05) is 24.3 Å². The van der Waals surface area contributed by atoms with Gasteiger partial charge in [-0.25, -0.2) is 9.37 Å². The van der Waals surface area contributed by atoms with E-state index in [1.165, 1.54) is 30.4 Å². The van der Waals surface area contributed by atoms with Gasteiger partial charge in [-0.1, -0.05) is 19.1 Å². The molecule has 30 heavy (non-hydrogen) atoms. The highest BCUT2D eigenvalue weighted by Gasteiger charge is 2.32. The van der Waals surface area contributed by atoms with Crippen LogP contribution in [-0.4, -0.2) is 16.7 Å². The molecule has 1 heterocycles. The van der Waals surface area contributed by atoms with Crippen molar-refractivity contribution in [1.82, 2.24) is 4.98 Å². The summed E-state index contributed by atoms with van der Waals surface area (Å²) in [4.78, 5) is 30.7. The van der Waals surface area contributed by atoms with Crippen molar-refractivity contribution >= 4 is 33.8 Å². The van der Waals surface area contributed by atoms with E-state index in [0.717, 1.165) is 11.3 Å². The maximum Gasteiger partial charge on any atom is 0.230 e. The second kappa shape index (κ2) is 7.99. The van der Waals surface area contributed by atoms with Crippen LogP contribution in [0.4, 0.5) is 15.2 Å².